The Hall–Kier alpha value is -1.05. The summed E-state index contributed by atoms with van der Waals surface area (Å²) in [7, 11) is 0. The van der Waals surface area contributed by atoms with Gasteiger partial charge in [-0.3, -0.25) is 4.98 Å². The van der Waals surface area contributed by atoms with E-state index in [1.54, 1.807) is 0 Å². The Labute approximate surface area is 104 Å². The van der Waals surface area contributed by atoms with Crippen molar-refractivity contribution in [3.8, 4) is 5.75 Å². The number of hydrogen-bond donors (Lipinski definition) is 0. The predicted molar refractivity (Wildman–Crippen MR) is 70.4 cm³/mol. The van der Waals surface area contributed by atoms with Gasteiger partial charge in [-0.25, -0.2) is 0 Å². The minimum absolute atomic E-state index is 0.114. The third kappa shape index (κ3) is 3.45. The summed E-state index contributed by atoms with van der Waals surface area (Å²) in [6.07, 6.45) is 8.64. The van der Waals surface area contributed by atoms with E-state index in [0.717, 1.165) is 11.4 Å². The van der Waals surface area contributed by atoms with Crippen molar-refractivity contribution < 1.29 is 4.74 Å². The third-order valence-electron chi connectivity index (χ3n) is 3.36. The zero-order chi connectivity index (χ0) is 12.3. The first-order valence-corrected chi connectivity index (χ1v) is 6.69. The van der Waals surface area contributed by atoms with Gasteiger partial charge < -0.3 is 4.74 Å². The molecular weight excluding hydrogens is 210 g/mol. The molecule has 17 heavy (non-hydrogen) atoms. The van der Waals surface area contributed by atoms with Crippen LogP contribution in [-0.2, 0) is 5.41 Å². The molecular formula is C15H23NO. The van der Waals surface area contributed by atoms with Crippen molar-refractivity contribution in [3.05, 3.63) is 24.0 Å². The molecule has 1 aromatic heterocycles. The van der Waals surface area contributed by atoms with Gasteiger partial charge in [0.05, 0.1) is 12.3 Å². The Morgan fingerprint density at radius 3 is 2.35 bits per heavy atom. The fourth-order valence-corrected chi connectivity index (χ4v) is 2.27. The minimum atomic E-state index is 0.114. The molecule has 1 heterocycles. The average molecular weight is 233 g/mol. The summed E-state index contributed by atoms with van der Waals surface area (Å²) in [6.45, 7) is 6.53. The third-order valence-corrected chi connectivity index (χ3v) is 3.36. The number of rotatable bonds is 2. The van der Waals surface area contributed by atoms with Crippen molar-refractivity contribution in [1.29, 1.82) is 0 Å². The Balaban J connectivity index is 1.98. The maximum Gasteiger partial charge on any atom is 0.138 e. The van der Waals surface area contributed by atoms with Gasteiger partial charge in [0.15, 0.2) is 0 Å². The van der Waals surface area contributed by atoms with E-state index >= 15 is 0 Å². The molecule has 0 unspecified atom stereocenters. The summed E-state index contributed by atoms with van der Waals surface area (Å²) < 4.78 is 5.96. The zero-order valence-corrected chi connectivity index (χ0v) is 11.2. The second kappa shape index (κ2) is 5.07. The van der Waals surface area contributed by atoms with Crippen molar-refractivity contribution >= 4 is 0 Å². The number of ether oxygens (including phenoxy) is 1. The monoisotopic (exact) mass is 233 g/mol. The summed E-state index contributed by atoms with van der Waals surface area (Å²) in [5.74, 6) is 0.921. The standard InChI is InChI=1S/C15H23NO/c1-15(2,3)14-10-9-13(11-16-14)17-12-7-5-4-6-8-12/h9-12H,4-8H2,1-3H3. The largest absolute Gasteiger partial charge is 0.489 e. The van der Waals surface area contributed by atoms with E-state index < -0.39 is 0 Å². The highest BCUT2D eigenvalue weighted by atomic mass is 16.5. The molecule has 0 N–H and O–H groups in total. The number of hydrogen-bond acceptors (Lipinski definition) is 2. The van der Waals surface area contributed by atoms with Crippen LogP contribution in [0.1, 0.15) is 58.6 Å². The van der Waals surface area contributed by atoms with Gasteiger partial charge >= 0.3 is 0 Å². The zero-order valence-electron chi connectivity index (χ0n) is 11.2. The molecule has 1 aliphatic rings. The number of aromatic nitrogens is 1. The highest BCUT2D eigenvalue weighted by molar-refractivity contribution is 5.23. The van der Waals surface area contributed by atoms with Gasteiger partial charge in [-0.05, 0) is 37.8 Å². The van der Waals surface area contributed by atoms with Crippen molar-refractivity contribution in [2.75, 3.05) is 0 Å². The molecule has 1 fully saturated rings. The smallest absolute Gasteiger partial charge is 0.138 e. The fraction of sp³-hybridized carbons (Fsp3) is 0.667. The summed E-state index contributed by atoms with van der Waals surface area (Å²) >= 11 is 0. The topological polar surface area (TPSA) is 22.1 Å². The summed E-state index contributed by atoms with van der Waals surface area (Å²) in [4.78, 5) is 4.49. The molecule has 0 radical (unpaired) electrons. The molecule has 0 bridgehead atoms. The molecule has 2 nitrogen and oxygen atoms in total. The summed E-state index contributed by atoms with van der Waals surface area (Å²) in [6, 6.07) is 4.14. The van der Waals surface area contributed by atoms with Gasteiger partial charge in [-0.1, -0.05) is 27.2 Å². The Morgan fingerprint density at radius 2 is 1.82 bits per heavy atom. The van der Waals surface area contributed by atoms with Crippen LogP contribution in [0.2, 0.25) is 0 Å². The second-order valence-corrected chi connectivity index (χ2v) is 6.01. The maximum absolute atomic E-state index is 5.96. The van der Waals surface area contributed by atoms with Crippen LogP contribution in [0, 0.1) is 0 Å². The highest BCUT2D eigenvalue weighted by Crippen LogP contribution is 2.25. The first-order valence-electron chi connectivity index (χ1n) is 6.69. The lowest BCUT2D eigenvalue weighted by Gasteiger charge is -2.23. The van der Waals surface area contributed by atoms with Crippen LogP contribution >= 0.6 is 0 Å². The van der Waals surface area contributed by atoms with Gasteiger partial charge in [0.25, 0.3) is 0 Å². The van der Waals surface area contributed by atoms with Crippen molar-refractivity contribution in [2.24, 2.45) is 0 Å². The molecule has 0 amide bonds. The van der Waals surface area contributed by atoms with Crippen LogP contribution in [-0.4, -0.2) is 11.1 Å². The van der Waals surface area contributed by atoms with E-state index in [0.29, 0.717) is 6.10 Å². The van der Waals surface area contributed by atoms with Crippen LogP contribution in [0.4, 0.5) is 0 Å². The maximum atomic E-state index is 5.96. The Bertz CT molecular complexity index is 344. The number of pyridine rings is 1. The van der Waals surface area contributed by atoms with Gasteiger partial charge in [-0.15, -0.1) is 0 Å². The lowest BCUT2D eigenvalue weighted by molar-refractivity contribution is 0.154. The highest BCUT2D eigenvalue weighted by Gasteiger charge is 2.17. The molecule has 1 saturated carbocycles. The van der Waals surface area contributed by atoms with E-state index in [9.17, 15) is 0 Å². The molecule has 2 heteroatoms. The first kappa shape index (κ1) is 12.4. The summed E-state index contributed by atoms with van der Waals surface area (Å²) in [5.41, 5.74) is 1.23. The summed E-state index contributed by atoms with van der Waals surface area (Å²) in [5, 5.41) is 0. The molecule has 94 valence electrons. The average Bonchev–Trinajstić information content (AvgIpc) is 2.30. The SMILES string of the molecule is CC(C)(C)c1ccc(OC2CCCCC2)cn1. The van der Waals surface area contributed by atoms with Gasteiger partial charge in [-0.2, -0.15) is 0 Å². The predicted octanol–water partition coefficient (Wildman–Crippen LogP) is 4.09. The number of nitrogens with zero attached hydrogens (tertiary/aromatic N) is 1. The van der Waals surface area contributed by atoms with E-state index in [2.05, 4.69) is 37.9 Å². The van der Waals surface area contributed by atoms with Crippen molar-refractivity contribution in [1.82, 2.24) is 4.98 Å². The second-order valence-electron chi connectivity index (χ2n) is 6.01. The Morgan fingerprint density at radius 1 is 1.12 bits per heavy atom. The molecule has 0 atom stereocenters. The molecule has 0 spiro atoms. The van der Waals surface area contributed by atoms with Crippen LogP contribution in [0.25, 0.3) is 0 Å². The van der Waals surface area contributed by atoms with Gasteiger partial charge in [0, 0.05) is 11.1 Å². The molecule has 0 aliphatic heterocycles. The normalized spacial score (nSPS) is 18.1. The molecule has 1 aromatic rings. The lowest BCUT2D eigenvalue weighted by atomic mass is 9.92. The molecule has 0 saturated heterocycles. The van der Waals surface area contributed by atoms with E-state index in [4.69, 9.17) is 4.74 Å². The molecule has 0 aromatic carbocycles. The van der Waals surface area contributed by atoms with E-state index in [1.165, 1.54) is 32.1 Å². The van der Waals surface area contributed by atoms with E-state index in [-0.39, 0.29) is 5.41 Å². The quantitative estimate of drug-likeness (QED) is 0.767. The van der Waals surface area contributed by atoms with Crippen LogP contribution in [0.5, 0.6) is 5.75 Å². The molecule has 2 rings (SSSR count). The lowest BCUT2D eigenvalue weighted by Crippen LogP contribution is -2.20. The van der Waals surface area contributed by atoms with Crippen molar-refractivity contribution in [3.63, 3.8) is 0 Å². The fourth-order valence-electron chi connectivity index (χ4n) is 2.27. The van der Waals surface area contributed by atoms with E-state index in [1.807, 2.05) is 6.20 Å². The van der Waals surface area contributed by atoms with Gasteiger partial charge in [0.2, 0.25) is 0 Å². The Kier molecular flexibility index (Phi) is 3.70. The van der Waals surface area contributed by atoms with Gasteiger partial charge in [0.1, 0.15) is 5.75 Å². The van der Waals surface area contributed by atoms with Crippen molar-refractivity contribution in [2.45, 2.75) is 64.4 Å². The minimum Gasteiger partial charge on any atom is -0.489 e. The van der Waals surface area contributed by atoms with Crippen LogP contribution in [0.15, 0.2) is 18.3 Å². The van der Waals surface area contributed by atoms with Crippen LogP contribution in [0.3, 0.4) is 0 Å². The van der Waals surface area contributed by atoms with Crippen LogP contribution < -0.4 is 4.74 Å². The molecule has 1 aliphatic carbocycles. The first-order chi connectivity index (χ1) is 8.05.